The SMILES string of the molecule is C[C@@H]1COc2c(NC(=O)c3cc(-n4cnc(C5CC5)c4)c(N4CC[C@@H](O)C4)cn3)cccc2-c2nnnn21. The van der Waals surface area contributed by atoms with E-state index in [4.69, 9.17) is 4.74 Å². The van der Waals surface area contributed by atoms with Crippen molar-refractivity contribution in [1.82, 2.24) is 34.7 Å². The lowest BCUT2D eigenvalue weighted by molar-refractivity contribution is 0.102. The Bertz CT molecular complexity index is 1530. The maximum absolute atomic E-state index is 13.5. The van der Waals surface area contributed by atoms with E-state index in [1.54, 1.807) is 29.3 Å². The molecule has 7 rings (SSSR count). The molecule has 1 aromatic carbocycles. The Kier molecular flexibility index (Phi) is 5.36. The molecule has 38 heavy (non-hydrogen) atoms. The fourth-order valence-corrected chi connectivity index (χ4v) is 5.13. The summed E-state index contributed by atoms with van der Waals surface area (Å²) in [4.78, 5) is 24.7. The van der Waals surface area contributed by atoms with Gasteiger partial charge < -0.3 is 24.6 Å². The normalized spacial score (nSPS) is 20.4. The highest BCUT2D eigenvalue weighted by Gasteiger charge is 2.29. The summed E-state index contributed by atoms with van der Waals surface area (Å²) < 4.78 is 9.76. The number of para-hydroxylation sites is 1. The molecule has 0 spiro atoms. The zero-order valence-electron chi connectivity index (χ0n) is 20.9. The van der Waals surface area contributed by atoms with Crippen molar-refractivity contribution in [1.29, 1.82) is 0 Å². The van der Waals surface area contributed by atoms with E-state index in [0.29, 0.717) is 48.3 Å². The quantitative estimate of drug-likeness (QED) is 0.413. The average Bonchev–Trinajstić information content (AvgIpc) is 3.29. The molecule has 3 aliphatic rings. The van der Waals surface area contributed by atoms with Crippen LogP contribution in [-0.4, -0.2) is 71.6 Å². The minimum absolute atomic E-state index is 0.0625. The second-order valence-electron chi connectivity index (χ2n) is 10.2. The van der Waals surface area contributed by atoms with Crippen LogP contribution in [0.3, 0.4) is 0 Å². The van der Waals surface area contributed by atoms with E-state index in [9.17, 15) is 9.90 Å². The van der Waals surface area contributed by atoms with Crippen LogP contribution in [0, 0.1) is 0 Å². The van der Waals surface area contributed by atoms with Crippen LogP contribution in [0.15, 0.2) is 43.0 Å². The first-order chi connectivity index (χ1) is 18.5. The Morgan fingerprint density at radius 2 is 2.08 bits per heavy atom. The summed E-state index contributed by atoms with van der Waals surface area (Å²) in [7, 11) is 0. The molecule has 12 nitrogen and oxygen atoms in total. The molecule has 0 radical (unpaired) electrons. The van der Waals surface area contributed by atoms with Crippen LogP contribution in [0.25, 0.3) is 17.1 Å². The standard InChI is InChI=1S/C26H27N9O3/c1-15-13-38-24-18(25-30-31-32-35(15)25)3-2-4-19(24)29-26(37)20-9-22(34-12-21(28-14-34)16-5-6-16)23(10-27-20)33-8-7-17(36)11-33/h2-4,9-10,12,14-17,36H,5-8,11,13H2,1H3,(H,29,37)/t15-,17-/m1/s1. The number of aromatic nitrogens is 7. The topological polar surface area (TPSA) is 136 Å². The molecule has 2 fully saturated rings. The van der Waals surface area contributed by atoms with Gasteiger partial charge in [-0.15, -0.1) is 5.10 Å². The molecule has 194 valence electrons. The molecule has 1 aliphatic carbocycles. The second kappa shape index (κ2) is 8.91. The van der Waals surface area contributed by atoms with Gasteiger partial charge in [-0.25, -0.2) is 14.6 Å². The van der Waals surface area contributed by atoms with Crippen LogP contribution < -0.4 is 15.0 Å². The molecule has 3 aromatic heterocycles. The highest BCUT2D eigenvalue weighted by molar-refractivity contribution is 6.05. The number of hydrogen-bond donors (Lipinski definition) is 2. The number of aliphatic hydroxyl groups is 1. The average molecular weight is 514 g/mol. The van der Waals surface area contributed by atoms with Crippen LogP contribution >= 0.6 is 0 Å². The van der Waals surface area contributed by atoms with Gasteiger partial charge in [-0.3, -0.25) is 4.79 Å². The number of tetrazole rings is 1. The Balaban J connectivity index is 1.23. The first-order valence-corrected chi connectivity index (χ1v) is 12.9. The molecule has 2 atom stereocenters. The maximum atomic E-state index is 13.5. The molecule has 1 amide bonds. The first kappa shape index (κ1) is 22.8. The molecule has 12 heteroatoms. The number of imidazole rings is 1. The number of anilines is 2. The summed E-state index contributed by atoms with van der Waals surface area (Å²) in [6, 6.07) is 7.21. The third-order valence-corrected chi connectivity index (χ3v) is 7.36. The molecule has 2 aliphatic heterocycles. The van der Waals surface area contributed by atoms with E-state index >= 15 is 0 Å². The third-order valence-electron chi connectivity index (χ3n) is 7.36. The van der Waals surface area contributed by atoms with Gasteiger partial charge in [-0.2, -0.15) is 0 Å². The van der Waals surface area contributed by atoms with Crippen LogP contribution in [0.1, 0.15) is 54.3 Å². The lowest BCUT2D eigenvalue weighted by Gasteiger charge is -2.22. The van der Waals surface area contributed by atoms with E-state index in [1.807, 2.05) is 29.8 Å². The van der Waals surface area contributed by atoms with Gasteiger partial charge in [0.2, 0.25) is 0 Å². The van der Waals surface area contributed by atoms with Crippen molar-refractivity contribution in [3.63, 3.8) is 0 Å². The molecule has 5 heterocycles. The van der Waals surface area contributed by atoms with Gasteiger partial charge in [0.25, 0.3) is 5.91 Å². The Labute approximate surface area is 218 Å². The van der Waals surface area contributed by atoms with Crippen molar-refractivity contribution in [3.05, 3.63) is 54.4 Å². The fraction of sp³-hybridized carbons (Fsp3) is 0.385. The summed E-state index contributed by atoms with van der Waals surface area (Å²) in [6.07, 6.45) is 8.14. The number of ether oxygens (including phenoxy) is 1. The van der Waals surface area contributed by atoms with E-state index in [1.165, 1.54) is 0 Å². The molecular weight excluding hydrogens is 486 g/mol. The van der Waals surface area contributed by atoms with Crippen LogP contribution in [0.4, 0.5) is 11.4 Å². The van der Waals surface area contributed by atoms with Gasteiger partial charge in [-0.05, 0) is 54.8 Å². The zero-order valence-corrected chi connectivity index (χ0v) is 20.9. The van der Waals surface area contributed by atoms with Crippen LogP contribution in [0.2, 0.25) is 0 Å². The minimum Gasteiger partial charge on any atom is -0.488 e. The lowest BCUT2D eigenvalue weighted by Crippen LogP contribution is -2.24. The summed E-state index contributed by atoms with van der Waals surface area (Å²) in [6.45, 7) is 3.58. The largest absolute Gasteiger partial charge is 0.488 e. The second-order valence-corrected chi connectivity index (χ2v) is 10.2. The number of carbonyl (C=O) groups excluding carboxylic acids is 1. The monoisotopic (exact) mass is 513 g/mol. The lowest BCUT2D eigenvalue weighted by atomic mass is 10.1. The van der Waals surface area contributed by atoms with Crippen molar-refractivity contribution in [2.45, 2.75) is 44.2 Å². The predicted molar refractivity (Wildman–Crippen MR) is 138 cm³/mol. The number of hydrogen-bond acceptors (Lipinski definition) is 9. The number of aliphatic hydroxyl groups excluding tert-OH is 1. The van der Waals surface area contributed by atoms with Crippen molar-refractivity contribution in [2.75, 3.05) is 29.9 Å². The number of amides is 1. The van der Waals surface area contributed by atoms with E-state index in [-0.39, 0.29) is 23.7 Å². The smallest absolute Gasteiger partial charge is 0.274 e. The summed E-state index contributed by atoms with van der Waals surface area (Å²) in [5.41, 5.74) is 4.20. The van der Waals surface area contributed by atoms with Gasteiger partial charge in [0.15, 0.2) is 11.6 Å². The highest BCUT2D eigenvalue weighted by atomic mass is 16.5. The number of fused-ring (bicyclic) bond motifs is 3. The molecule has 1 saturated carbocycles. The number of carbonyl (C=O) groups is 1. The van der Waals surface area contributed by atoms with E-state index in [2.05, 4.69) is 35.7 Å². The van der Waals surface area contributed by atoms with Crippen LogP contribution in [0.5, 0.6) is 5.75 Å². The number of benzene rings is 1. The highest BCUT2D eigenvalue weighted by Crippen LogP contribution is 2.40. The summed E-state index contributed by atoms with van der Waals surface area (Å²) >= 11 is 0. The summed E-state index contributed by atoms with van der Waals surface area (Å²) in [5, 5.41) is 25.2. The van der Waals surface area contributed by atoms with Gasteiger partial charge in [0.1, 0.15) is 12.3 Å². The molecule has 4 aromatic rings. The molecule has 2 N–H and O–H groups in total. The molecule has 1 saturated heterocycles. The number of β-amino-alcohol motifs (C(OH)–C–C–N with tert-alkyl or cyclic N) is 1. The van der Waals surface area contributed by atoms with Crippen molar-refractivity contribution in [3.8, 4) is 22.8 Å². The van der Waals surface area contributed by atoms with E-state index in [0.717, 1.165) is 36.5 Å². The number of rotatable bonds is 5. The Morgan fingerprint density at radius 3 is 2.89 bits per heavy atom. The van der Waals surface area contributed by atoms with Gasteiger partial charge >= 0.3 is 0 Å². The Morgan fingerprint density at radius 1 is 1.18 bits per heavy atom. The number of nitrogens with one attached hydrogen (secondary N) is 1. The fourth-order valence-electron chi connectivity index (χ4n) is 5.13. The number of pyridine rings is 1. The van der Waals surface area contributed by atoms with Crippen molar-refractivity contribution >= 4 is 17.3 Å². The summed E-state index contributed by atoms with van der Waals surface area (Å²) in [5.74, 6) is 1.25. The minimum atomic E-state index is -0.382. The van der Waals surface area contributed by atoms with Crippen LogP contribution in [-0.2, 0) is 0 Å². The maximum Gasteiger partial charge on any atom is 0.274 e. The first-order valence-electron chi connectivity index (χ1n) is 12.9. The third kappa shape index (κ3) is 3.97. The van der Waals surface area contributed by atoms with E-state index < -0.39 is 0 Å². The van der Waals surface area contributed by atoms with Gasteiger partial charge in [0.05, 0.1) is 53.0 Å². The zero-order chi connectivity index (χ0) is 25.8. The predicted octanol–water partition coefficient (Wildman–Crippen LogP) is 2.57. The number of nitrogens with zero attached hydrogens (tertiary/aromatic N) is 8. The Hall–Kier alpha value is -4.32. The molecular formula is C26H27N9O3. The van der Waals surface area contributed by atoms with Crippen molar-refractivity contribution < 1.29 is 14.6 Å². The molecule has 0 unspecified atom stereocenters. The van der Waals surface area contributed by atoms with Crippen molar-refractivity contribution in [2.24, 2.45) is 0 Å². The molecule has 0 bridgehead atoms. The van der Waals surface area contributed by atoms with Gasteiger partial charge in [0, 0.05) is 25.2 Å². The van der Waals surface area contributed by atoms with Gasteiger partial charge in [-0.1, -0.05) is 6.07 Å².